The fourth-order valence-corrected chi connectivity index (χ4v) is 4.50. The number of sulfonamides is 1. The van der Waals surface area contributed by atoms with E-state index in [1.54, 1.807) is 18.2 Å². The van der Waals surface area contributed by atoms with Crippen LogP contribution in [-0.4, -0.2) is 43.3 Å². The van der Waals surface area contributed by atoms with Gasteiger partial charge in [0, 0.05) is 12.6 Å². The van der Waals surface area contributed by atoms with Crippen molar-refractivity contribution >= 4 is 33.0 Å². The first-order valence-electron chi connectivity index (χ1n) is 8.61. The Bertz CT molecular complexity index is 937. The monoisotopic (exact) mass is 422 g/mol. The highest BCUT2D eigenvalue weighted by Gasteiger charge is 2.41. The SMILES string of the molecule is O=C(OCc1ccccc1)[C@H]1C[C@H](NS(=O)(=O)c2ccccc2)CN1C(=O)Cl. The molecule has 148 valence electrons. The number of rotatable bonds is 6. The van der Waals surface area contributed by atoms with Gasteiger partial charge in [-0.15, -0.1) is 0 Å². The summed E-state index contributed by atoms with van der Waals surface area (Å²) in [5.41, 5.74) is 0.805. The summed E-state index contributed by atoms with van der Waals surface area (Å²) in [6, 6.07) is 15.4. The van der Waals surface area contributed by atoms with Gasteiger partial charge in [-0.2, -0.15) is 0 Å². The number of hydrogen-bond donors (Lipinski definition) is 1. The summed E-state index contributed by atoms with van der Waals surface area (Å²) in [6.45, 7) is 0.0421. The van der Waals surface area contributed by atoms with Crippen molar-refractivity contribution in [1.82, 2.24) is 9.62 Å². The largest absolute Gasteiger partial charge is 0.459 e. The Balaban J connectivity index is 1.67. The minimum atomic E-state index is -3.78. The first kappa shape index (κ1) is 20.3. The minimum Gasteiger partial charge on any atom is -0.459 e. The molecule has 0 aliphatic carbocycles. The fourth-order valence-electron chi connectivity index (χ4n) is 3.05. The molecule has 9 heteroatoms. The van der Waals surface area contributed by atoms with E-state index >= 15 is 0 Å². The van der Waals surface area contributed by atoms with Gasteiger partial charge in [-0.25, -0.2) is 17.9 Å². The van der Waals surface area contributed by atoms with E-state index in [0.717, 1.165) is 10.5 Å². The van der Waals surface area contributed by atoms with Gasteiger partial charge < -0.3 is 9.64 Å². The Morgan fingerprint density at radius 3 is 2.29 bits per heavy atom. The summed E-state index contributed by atoms with van der Waals surface area (Å²) in [4.78, 5) is 25.4. The normalized spacial score (nSPS) is 19.4. The number of ether oxygens (including phenoxy) is 1. The quantitative estimate of drug-likeness (QED) is 0.438. The molecule has 1 N–H and O–H groups in total. The maximum Gasteiger partial charge on any atom is 0.329 e. The molecule has 28 heavy (non-hydrogen) atoms. The third-order valence-electron chi connectivity index (χ3n) is 4.40. The van der Waals surface area contributed by atoms with Crippen LogP contribution in [-0.2, 0) is 26.2 Å². The summed E-state index contributed by atoms with van der Waals surface area (Å²) in [7, 11) is -3.78. The van der Waals surface area contributed by atoms with Crippen LogP contribution in [0.4, 0.5) is 4.79 Å². The first-order chi connectivity index (χ1) is 13.4. The number of carbonyl (C=O) groups excluding carboxylic acids is 2. The van der Waals surface area contributed by atoms with Gasteiger partial charge in [0.1, 0.15) is 12.6 Å². The average Bonchev–Trinajstić information content (AvgIpc) is 3.11. The molecule has 1 heterocycles. The van der Waals surface area contributed by atoms with E-state index in [0.29, 0.717) is 0 Å². The maximum absolute atomic E-state index is 12.5. The molecule has 1 fully saturated rings. The maximum atomic E-state index is 12.5. The first-order valence-corrected chi connectivity index (χ1v) is 10.5. The second-order valence-electron chi connectivity index (χ2n) is 6.38. The molecule has 1 aliphatic rings. The van der Waals surface area contributed by atoms with Crippen molar-refractivity contribution in [1.29, 1.82) is 0 Å². The predicted octanol–water partition coefficient (Wildman–Crippen LogP) is 2.51. The second kappa shape index (κ2) is 8.72. The number of hydrogen-bond acceptors (Lipinski definition) is 5. The van der Waals surface area contributed by atoms with Crippen molar-refractivity contribution in [2.75, 3.05) is 6.54 Å². The molecule has 0 saturated carbocycles. The molecule has 2 aromatic rings. The molecule has 0 radical (unpaired) electrons. The Kier molecular flexibility index (Phi) is 6.33. The molecule has 3 rings (SSSR count). The zero-order chi connectivity index (χ0) is 20.1. The van der Waals surface area contributed by atoms with Crippen LogP contribution in [0.1, 0.15) is 12.0 Å². The molecular formula is C19H19ClN2O5S. The number of benzene rings is 2. The molecule has 0 bridgehead atoms. The third kappa shape index (κ3) is 4.89. The zero-order valence-electron chi connectivity index (χ0n) is 14.8. The van der Waals surface area contributed by atoms with Gasteiger partial charge in [0.2, 0.25) is 10.0 Å². The average molecular weight is 423 g/mol. The summed E-state index contributed by atoms with van der Waals surface area (Å²) in [5.74, 6) is -0.626. The smallest absolute Gasteiger partial charge is 0.329 e. The predicted molar refractivity (Wildman–Crippen MR) is 103 cm³/mol. The molecule has 7 nitrogen and oxygen atoms in total. The number of nitrogens with zero attached hydrogens (tertiary/aromatic N) is 1. The molecule has 2 atom stereocenters. The van der Waals surface area contributed by atoms with Gasteiger partial charge in [-0.1, -0.05) is 48.5 Å². The summed E-state index contributed by atoms with van der Waals surface area (Å²) >= 11 is 5.60. The summed E-state index contributed by atoms with van der Waals surface area (Å²) in [6.07, 6.45) is 0.0815. The van der Waals surface area contributed by atoms with Crippen LogP contribution < -0.4 is 4.72 Å². The van der Waals surface area contributed by atoms with Crippen LogP contribution in [0.2, 0.25) is 0 Å². The van der Waals surface area contributed by atoms with Crippen molar-refractivity contribution in [3.05, 3.63) is 66.2 Å². The van der Waals surface area contributed by atoms with Gasteiger partial charge in [0.05, 0.1) is 4.90 Å². The van der Waals surface area contributed by atoms with E-state index in [1.165, 1.54) is 12.1 Å². The van der Waals surface area contributed by atoms with Gasteiger partial charge in [0.25, 0.3) is 0 Å². The zero-order valence-corrected chi connectivity index (χ0v) is 16.4. The second-order valence-corrected chi connectivity index (χ2v) is 8.42. The van der Waals surface area contributed by atoms with E-state index in [-0.39, 0.29) is 24.5 Å². The molecule has 2 aromatic carbocycles. The number of amides is 1. The van der Waals surface area contributed by atoms with E-state index in [9.17, 15) is 18.0 Å². The lowest BCUT2D eigenvalue weighted by molar-refractivity contribution is -0.149. The standard InChI is InChI=1S/C19H19ClN2O5S/c20-19(24)22-12-15(21-28(25,26)16-9-5-2-6-10-16)11-17(22)18(23)27-13-14-7-3-1-4-8-14/h1-10,15,17,21H,11-13H2/t15-,17+/m0/s1. The Morgan fingerprint density at radius 2 is 1.68 bits per heavy atom. The summed E-state index contributed by atoms with van der Waals surface area (Å²) < 4.78 is 32.8. The van der Waals surface area contributed by atoms with Crippen molar-refractivity contribution in [3.8, 4) is 0 Å². The minimum absolute atomic E-state index is 0.0144. The highest BCUT2D eigenvalue weighted by Crippen LogP contribution is 2.23. The van der Waals surface area contributed by atoms with E-state index in [1.807, 2.05) is 30.3 Å². The van der Waals surface area contributed by atoms with Crippen LogP contribution in [0.5, 0.6) is 0 Å². The van der Waals surface area contributed by atoms with Crippen molar-refractivity contribution in [2.24, 2.45) is 0 Å². The highest BCUT2D eigenvalue weighted by atomic mass is 35.5. The van der Waals surface area contributed by atoms with Crippen LogP contribution in [0, 0.1) is 0 Å². The lowest BCUT2D eigenvalue weighted by Gasteiger charge is -2.20. The number of esters is 1. The molecule has 1 aliphatic heterocycles. The van der Waals surface area contributed by atoms with Gasteiger partial charge >= 0.3 is 11.3 Å². The van der Waals surface area contributed by atoms with Crippen molar-refractivity contribution in [3.63, 3.8) is 0 Å². The molecule has 0 aromatic heterocycles. The van der Waals surface area contributed by atoms with Crippen LogP contribution in [0.3, 0.4) is 0 Å². The van der Waals surface area contributed by atoms with E-state index in [4.69, 9.17) is 16.3 Å². The lowest BCUT2D eigenvalue weighted by Crippen LogP contribution is -2.39. The van der Waals surface area contributed by atoms with Crippen molar-refractivity contribution < 1.29 is 22.7 Å². The fraction of sp³-hybridized carbons (Fsp3) is 0.263. The Morgan fingerprint density at radius 1 is 1.07 bits per heavy atom. The van der Waals surface area contributed by atoms with E-state index in [2.05, 4.69) is 4.72 Å². The molecule has 0 unspecified atom stereocenters. The van der Waals surface area contributed by atoms with Crippen LogP contribution in [0.25, 0.3) is 0 Å². The molecular weight excluding hydrogens is 404 g/mol. The third-order valence-corrected chi connectivity index (χ3v) is 6.15. The molecule has 0 spiro atoms. The van der Waals surface area contributed by atoms with Gasteiger partial charge in [-0.3, -0.25) is 4.79 Å². The molecule has 1 amide bonds. The van der Waals surface area contributed by atoms with Crippen molar-refractivity contribution in [2.45, 2.75) is 30.0 Å². The Labute approximate surface area is 168 Å². The molecule has 1 saturated heterocycles. The lowest BCUT2D eigenvalue weighted by atomic mass is 10.2. The van der Waals surface area contributed by atoms with E-state index < -0.39 is 33.4 Å². The van der Waals surface area contributed by atoms with Crippen LogP contribution in [0.15, 0.2) is 65.6 Å². The number of halogens is 1. The number of nitrogens with one attached hydrogen (secondary N) is 1. The topological polar surface area (TPSA) is 92.8 Å². The van der Waals surface area contributed by atoms with Crippen LogP contribution >= 0.6 is 11.6 Å². The highest BCUT2D eigenvalue weighted by molar-refractivity contribution is 7.89. The Hall–Kier alpha value is -2.42. The number of carbonyl (C=O) groups is 2. The van der Waals surface area contributed by atoms with Gasteiger partial charge in [0.15, 0.2) is 0 Å². The van der Waals surface area contributed by atoms with Gasteiger partial charge in [-0.05, 0) is 35.7 Å². The summed E-state index contributed by atoms with van der Waals surface area (Å²) in [5, 5.41) is -0.830. The number of likely N-dealkylation sites (tertiary alicyclic amines) is 1.